The van der Waals surface area contributed by atoms with Crippen molar-refractivity contribution in [3.8, 4) is 0 Å². The molecule has 1 rings (SSSR count). The van der Waals surface area contributed by atoms with Gasteiger partial charge in [0.15, 0.2) is 0 Å². The highest BCUT2D eigenvalue weighted by Gasteiger charge is 2.20. The largest absolute Gasteiger partial charge is 0.466 e. The maximum absolute atomic E-state index is 11.8. The summed E-state index contributed by atoms with van der Waals surface area (Å²) in [6.45, 7) is 5.30. The molecule has 0 aliphatic carbocycles. The molecule has 0 aromatic heterocycles. The van der Waals surface area contributed by atoms with E-state index < -0.39 is 0 Å². The van der Waals surface area contributed by atoms with Crippen LogP contribution in [0, 0.1) is 5.92 Å². The number of nitrogens with zero attached hydrogens (tertiary/aromatic N) is 1. The molecule has 1 aliphatic heterocycles. The number of Topliss-reactive ketones (excluding diaryl/α,β-unsaturated/α-hetero) is 1. The van der Waals surface area contributed by atoms with Gasteiger partial charge in [0.2, 0.25) is 0 Å². The minimum atomic E-state index is -0.283. The van der Waals surface area contributed by atoms with E-state index in [2.05, 4.69) is 4.90 Å². The second-order valence-corrected chi connectivity index (χ2v) is 5.02. The first-order valence-corrected chi connectivity index (χ1v) is 7.04. The minimum absolute atomic E-state index is 0.123. The number of piperidine rings is 1. The van der Waals surface area contributed by atoms with Crippen LogP contribution in [0.25, 0.3) is 0 Å². The van der Waals surface area contributed by atoms with Gasteiger partial charge in [-0.2, -0.15) is 0 Å². The molecule has 0 atom stereocenters. The molecule has 0 spiro atoms. The molecule has 5 nitrogen and oxygen atoms in total. The summed E-state index contributed by atoms with van der Waals surface area (Å²) < 4.78 is 9.95. The predicted octanol–water partition coefficient (Wildman–Crippen LogP) is 1.26. The van der Waals surface area contributed by atoms with Crippen molar-refractivity contribution in [2.24, 2.45) is 5.92 Å². The summed E-state index contributed by atoms with van der Waals surface area (Å²) in [6.07, 6.45) is 2.65. The van der Waals surface area contributed by atoms with Crippen LogP contribution < -0.4 is 0 Å². The summed E-state index contributed by atoms with van der Waals surface area (Å²) in [5, 5.41) is 0. The van der Waals surface area contributed by atoms with Gasteiger partial charge in [-0.3, -0.25) is 14.5 Å². The van der Waals surface area contributed by atoms with Gasteiger partial charge in [-0.25, -0.2) is 0 Å². The van der Waals surface area contributed by atoms with Crippen LogP contribution in [0.3, 0.4) is 0 Å². The summed E-state index contributed by atoms with van der Waals surface area (Å²) in [5.41, 5.74) is 0. The lowest BCUT2D eigenvalue weighted by Crippen LogP contribution is -2.38. The van der Waals surface area contributed by atoms with E-state index in [-0.39, 0.29) is 24.6 Å². The van der Waals surface area contributed by atoms with E-state index in [1.165, 1.54) is 0 Å². The fourth-order valence-electron chi connectivity index (χ4n) is 2.35. The molecule has 0 radical (unpaired) electrons. The van der Waals surface area contributed by atoms with Gasteiger partial charge < -0.3 is 9.47 Å². The Labute approximate surface area is 115 Å². The lowest BCUT2D eigenvalue weighted by Gasteiger charge is -2.30. The smallest absolute Gasteiger partial charge is 0.306 e. The molecule has 1 fully saturated rings. The third kappa shape index (κ3) is 6.68. The number of hydrogen-bond acceptors (Lipinski definition) is 5. The molecule has 0 unspecified atom stereocenters. The van der Waals surface area contributed by atoms with E-state index in [0.29, 0.717) is 19.1 Å². The minimum Gasteiger partial charge on any atom is -0.466 e. The van der Waals surface area contributed by atoms with Gasteiger partial charge in [-0.15, -0.1) is 0 Å². The Morgan fingerprint density at radius 3 is 2.47 bits per heavy atom. The second kappa shape index (κ2) is 9.04. The monoisotopic (exact) mass is 271 g/mol. The summed E-state index contributed by atoms with van der Waals surface area (Å²) in [4.78, 5) is 25.1. The quantitative estimate of drug-likeness (QED) is 0.622. The van der Waals surface area contributed by atoms with Crippen molar-refractivity contribution in [3.05, 3.63) is 0 Å². The fourth-order valence-corrected chi connectivity index (χ4v) is 2.35. The highest BCUT2D eigenvalue weighted by atomic mass is 16.5. The van der Waals surface area contributed by atoms with Crippen molar-refractivity contribution in [2.75, 3.05) is 40.0 Å². The molecular formula is C14H25NO4. The van der Waals surface area contributed by atoms with Gasteiger partial charge in [0.25, 0.3) is 0 Å². The number of methoxy groups -OCH3 is 1. The normalized spacial score (nSPS) is 17.4. The Balaban J connectivity index is 2.14. The topological polar surface area (TPSA) is 55.8 Å². The number of likely N-dealkylation sites (tertiary alicyclic amines) is 1. The Morgan fingerprint density at radius 2 is 1.89 bits per heavy atom. The number of esters is 1. The maximum atomic E-state index is 11.8. The number of hydrogen-bond donors (Lipinski definition) is 0. The number of carbonyl (C=O) groups is 2. The SMILES string of the molecule is CCOC(=O)CCC(=O)CN1CCC(COC)CC1. The number of ketones is 1. The molecule has 0 N–H and O–H groups in total. The first-order chi connectivity index (χ1) is 9.15. The van der Waals surface area contributed by atoms with E-state index in [0.717, 1.165) is 32.5 Å². The van der Waals surface area contributed by atoms with Gasteiger partial charge in [0.1, 0.15) is 5.78 Å². The van der Waals surface area contributed by atoms with Gasteiger partial charge >= 0.3 is 5.97 Å². The zero-order valence-corrected chi connectivity index (χ0v) is 12.0. The molecule has 1 saturated heterocycles. The summed E-state index contributed by atoms with van der Waals surface area (Å²) in [6, 6.07) is 0. The lowest BCUT2D eigenvalue weighted by molar-refractivity contribution is -0.144. The van der Waals surface area contributed by atoms with E-state index in [1.54, 1.807) is 14.0 Å². The molecule has 0 aromatic rings. The Kier molecular flexibility index (Phi) is 7.67. The predicted molar refractivity (Wildman–Crippen MR) is 71.9 cm³/mol. The molecule has 1 heterocycles. The van der Waals surface area contributed by atoms with Crippen molar-refractivity contribution in [1.82, 2.24) is 4.90 Å². The van der Waals surface area contributed by atoms with Gasteiger partial charge in [0.05, 0.1) is 19.6 Å². The van der Waals surface area contributed by atoms with Crippen molar-refractivity contribution in [2.45, 2.75) is 32.6 Å². The number of carbonyl (C=O) groups excluding carboxylic acids is 2. The van der Waals surface area contributed by atoms with E-state index in [9.17, 15) is 9.59 Å². The molecule has 0 bridgehead atoms. The summed E-state index contributed by atoms with van der Waals surface area (Å²) in [5.74, 6) is 0.462. The van der Waals surface area contributed by atoms with Crippen LogP contribution >= 0.6 is 0 Å². The molecule has 19 heavy (non-hydrogen) atoms. The first kappa shape index (κ1) is 16.1. The van der Waals surface area contributed by atoms with Crippen LogP contribution in [0.2, 0.25) is 0 Å². The average molecular weight is 271 g/mol. The maximum Gasteiger partial charge on any atom is 0.306 e. The molecule has 0 amide bonds. The highest BCUT2D eigenvalue weighted by molar-refractivity contribution is 5.84. The van der Waals surface area contributed by atoms with E-state index in [4.69, 9.17) is 9.47 Å². The highest BCUT2D eigenvalue weighted by Crippen LogP contribution is 2.17. The molecular weight excluding hydrogens is 246 g/mol. The van der Waals surface area contributed by atoms with Crippen LogP contribution in [0.1, 0.15) is 32.6 Å². The first-order valence-electron chi connectivity index (χ1n) is 7.04. The Bertz CT molecular complexity index is 285. The number of ether oxygens (including phenoxy) is 2. The van der Waals surface area contributed by atoms with Gasteiger partial charge in [-0.1, -0.05) is 0 Å². The number of rotatable bonds is 8. The molecule has 0 aromatic carbocycles. The average Bonchev–Trinajstić information content (AvgIpc) is 2.39. The fraction of sp³-hybridized carbons (Fsp3) is 0.857. The van der Waals surface area contributed by atoms with Crippen LogP contribution in [0.15, 0.2) is 0 Å². The zero-order chi connectivity index (χ0) is 14.1. The van der Waals surface area contributed by atoms with E-state index >= 15 is 0 Å². The molecule has 0 saturated carbocycles. The Hall–Kier alpha value is -0.940. The van der Waals surface area contributed by atoms with Crippen LogP contribution in [0.4, 0.5) is 0 Å². The van der Waals surface area contributed by atoms with Crippen molar-refractivity contribution in [1.29, 1.82) is 0 Å². The summed E-state index contributed by atoms with van der Waals surface area (Å²) in [7, 11) is 1.73. The zero-order valence-electron chi connectivity index (χ0n) is 12.0. The van der Waals surface area contributed by atoms with Gasteiger partial charge in [-0.05, 0) is 38.8 Å². The molecule has 1 aliphatic rings. The van der Waals surface area contributed by atoms with Crippen molar-refractivity contribution < 1.29 is 19.1 Å². The van der Waals surface area contributed by atoms with Crippen LogP contribution in [-0.2, 0) is 19.1 Å². The van der Waals surface area contributed by atoms with Crippen LogP contribution in [0.5, 0.6) is 0 Å². The van der Waals surface area contributed by atoms with Crippen molar-refractivity contribution >= 4 is 11.8 Å². The van der Waals surface area contributed by atoms with Crippen molar-refractivity contribution in [3.63, 3.8) is 0 Å². The Morgan fingerprint density at radius 1 is 1.21 bits per heavy atom. The lowest BCUT2D eigenvalue weighted by atomic mass is 9.97. The third-order valence-electron chi connectivity index (χ3n) is 3.42. The molecule has 5 heteroatoms. The standard InChI is InChI=1S/C14H25NO4/c1-3-19-14(17)5-4-13(16)10-15-8-6-12(7-9-15)11-18-2/h12H,3-11H2,1-2H3. The van der Waals surface area contributed by atoms with Crippen LogP contribution in [-0.4, -0.2) is 56.6 Å². The van der Waals surface area contributed by atoms with Gasteiger partial charge in [0, 0.05) is 20.1 Å². The summed E-state index contributed by atoms with van der Waals surface area (Å²) >= 11 is 0. The molecule has 110 valence electrons. The van der Waals surface area contributed by atoms with E-state index in [1.807, 2.05) is 0 Å². The second-order valence-electron chi connectivity index (χ2n) is 5.02. The third-order valence-corrected chi connectivity index (χ3v) is 3.42.